The first-order chi connectivity index (χ1) is 9.29. The van der Waals surface area contributed by atoms with Crippen LogP contribution in [0.4, 0.5) is 0 Å². The van der Waals surface area contributed by atoms with E-state index in [9.17, 15) is 5.11 Å². The van der Waals surface area contributed by atoms with Gasteiger partial charge in [0.15, 0.2) is 0 Å². The van der Waals surface area contributed by atoms with Gasteiger partial charge in [-0.2, -0.15) is 0 Å². The van der Waals surface area contributed by atoms with Crippen molar-refractivity contribution in [3.63, 3.8) is 0 Å². The van der Waals surface area contributed by atoms with Gasteiger partial charge in [-0.05, 0) is 42.8 Å². The molecule has 2 rings (SSSR count). The second-order valence-electron chi connectivity index (χ2n) is 4.53. The standard InChI is InChI=1S/C15H20N2O2/c1-2-17(10-7-13-5-8-16-9-6-13)12-14(18)15-4-3-11-19-15/h3-6,8-9,11,14,18H,2,7,10,12H2,1H3. The Hall–Kier alpha value is -1.65. The molecule has 1 N–H and O–H groups in total. The minimum absolute atomic E-state index is 0.563. The number of furan rings is 1. The Bertz CT molecular complexity index is 456. The molecule has 0 saturated heterocycles. The Morgan fingerprint density at radius 1 is 1.32 bits per heavy atom. The number of likely N-dealkylation sites (N-methyl/N-ethyl adjacent to an activating group) is 1. The molecule has 2 aromatic heterocycles. The molecule has 0 aliphatic heterocycles. The number of nitrogens with zero attached hydrogens (tertiary/aromatic N) is 2. The number of aliphatic hydroxyl groups excluding tert-OH is 1. The van der Waals surface area contributed by atoms with Gasteiger partial charge in [0.2, 0.25) is 0 Å². The van der Waals surface area contributed by atoms with E-state index in [0.717, 1.165) is 19.5 Å². The van der Waals surface area contributed by atoms with Gasteiger partial charge < -0.3 is 14.4 Å². The monoisotopic (exact) mass is 260 g/mol. The summed E-state index contributed by atoms with van der Waals surface area (Å²) in [5.74, 6) is 0.627. The van der Waals surface area contributed by atoms with Crippen molar-refractivity contribution < 1.29 is 9.52 Å². The summed E-state index contributed by atoms with van der Waals surface area (Å²) in [7, 11) is 0. The zero-order valence-corrected chi connectivity index (χ0v) is 11.2. The molecule has 0 bridgehead atoms. The third kappa shape index (κ3) is 4.19. The topological polar surface area (TPSA) is 49.5 Å². The highest BCUT2D eigenvalue weighted by Crippen LogP contribution is 2.14. The molecule has 102 valence electrons. The SMILES string of the molecule is CCN(CCc1ccncc1)CC(O)c1ccco1. The van der Waals surface area contributed by atoms with Crippen LogP contribution in [-0.2, 0) is 6.42 Å². The maximum absolute atomic E-state index is 10.1. The molecule has 0 fully saturated rings. The van der Waals surface area contributed by atoms with Gasteiger partial charge in [0.1, 0.15) is 11.9 Å². The van der Waals surface area contributed by atoms with Crippen molar-refractivity contribution in [3.8, 4) is 0 Å². The average molecular weight is 260 g/mol. The fourth-order valence-electron chi connectivity index (χ4n) is 2.03. The quantitative estimate of drug-likeness (QED) is 0.829. The number of hydrogen-bond donors (Lipinski definition) is 1. The van der Waals surface area contributed by atoms with E-state index in [2.05, 4.69) is 16.8 Å². The molecule has 0 aromatic carbocycles. The first-order valence-electron chi connectivity index (χ1n) is 6.62. The van der Waals surface area contributed by atoms with E-state index < -0.39 is 6.10 Å². The summed E-state index contributed by atoms with van der Waals surface area (Å²) in [6.45, 7) is 4.51. The van der Waals surface area contributed by atoms with Crippen LogP contribution in [0.3, 0.4) is 0 Å². The van der Waals surface area contributed by atoms with Crippen LogP contribution in [0.1, 0.15) is 24.4 Å². The van der Waals surface area contributed by atoms with E-state index in [-0.39, 0.29) is 0 Å². The Labute approximate surface area is 113 Å². The van der Waals surface area contributed by atoms with Crippen molar-refractivity contribution in [1.82, 2.24) is 9.88 Å². The minimum atomic E-state index is -0.563. The van der Waals surface area contributed by atoms with E-state index in [4.69, 9.17) is 4.42 Å². The lowest BCUT2D eigenvalue weighted by Gasteiger charge is -2.22. The fraction of sp³-hybridized carbons (Fsp3) is 0.400. The Kier molecular flexibility index (Phi) is 5.12. The first kappa shape index (κ1) is 13.8. The van der Waals surface area contributed by atoms with E-state index >= 15 is 0 Å². The summed E-state index contributed by atoms with van der Waals surface area (Å²) in [5.41, 5.74) is 1.26. The summed E-state index contributed by atoms with van der Waals surface area (Å²) < 4.78 is 5.22. The van der Waals surface area contributed by atoms with E-state index in [1.54, 1.807) is 18.4 Å². The van der Waals surface area contributed by atoms with Gasteiger partial charge in [-0.1, -0.05) is 6.92 Å². The molecule has 2 aromatic rings. The Balaban J connectivity index is 1.83. The van der Waals surface area contributed by atoms with E-state index in [1.807, 2.05) is 24.5 Å². The summed E-state index contributed by atoms with van der Waals surface area (Å²) in [6.07, 6.45) is 5.60. The van der Waals surface area contributed by atoms with Crippen molar-refractivity contribution in [2.75, 3.05) is 19.6 Å². The zero-order chi connectivity index (χ0) is 13.5. The highest BCUT2D eigenvalue weighted by Gasteiger charge is 2.14. The van der Waals surface area contributed by atoms with Crippen LogP contribution in [0.15, 0.2) is 47.3 Å². The normalized spacial score (nSPS) is 12.8. The van der Waals surface area contributed by atoms with E-state index in [1.165, 1.54) is 5.56 Å². The van der Waals surface area contributed by atoms with Crippen molar-refractivity contribution in [2.45, 2.75) is 19.4 Å². The predicted octanol–water partition coefficient (Wildman–Crippen LogP) is 2.27. The third-order valence-corrected chi connectivity index (χ3v) is 3.22. The van der Waals surface area contributed by atoms with Crippen molar-refractivity contribution in [2.24, 2.45) is 0 Å². The largest absolute Gasteiger partial charge is 0.467 e. The molecule has 1 unspecified atom stereocenters. The van der Waals surface area contributed by atoms with Crippen molar-refractivity contribution >= 4 is 0 Å². The predicted molar refractivity (Wildman–Crippen MR) is 73.7 cm³/mol. The fourth-order valence-corrected chi connectivity index (χ4v) is 2.03. The van der Waals surface area contributed by atoms with Gasteiger partial charge in [0.05, 0.1) is 6.26 Å². The summed E-state index contributed by atoms with van der Waals surface area (Å²) in [5, 5.41) is 10.1. The lowest BCUT2D eigenvalue weighted by atomic mass is 10.2. The van der Waals surface area contributed by atoms with Gasteiger partial charge in [0.25, 0.3) is 0 Å². The van der Waals surface area contributed by atoms with Crippen LogP contribution < -0.4 is 0 Å². The molecular weight excluding hydrogens is 240 g/mol. The second-order valence-corrected chi connectivity index (χ2v) is 4.53. The molecule has 0 amide bonds. The molecular formula is C15H20N2O2. The molecule has 0 aliphatic rings. The van der Waals surface area contributed by atoms with Gasteiger partial charge in [-0.25, -0.2) is 0 Å². The van der Waals surface area contributed by atoms with Gasteiger partial charge in [-0.15, -0.1) is 0 Å². The van der Waals surface area contributed by atoms with Gasteiger partial charge >= 0.3 is 0 Å². The number of hydrogen-bond acceptors (Lipinski definition) is 4. The molecule has 0 aliphatic carbocycles. The summed E-state index contributed by atoms with van der Waals surface area (Å²) >= 11 is 0. The highest BCUT2D eigenvalue weighted by atomic mass is 16.4. The van der Waals surface area contributed by atoms with Crippen molar-refractivity contribution in [1.29, 1.82) is 0 Å². The number of aliphatic hydroxyl groups is 1. The van der Waals surface area contributed by atoms with Crippen LogP contribution >= 0.6 is 0 Å². The smallest absolute Gasteiger partial charge is 0.133 e. The van der Waals surface area contributed by atoms with Crippen LogP contribution in [0, 0.1) is 0 Å². The average Bonchev–Trinajstić information content (AvgIpc) is 2.98. The minimum Gasteiger partial charge on any atom is -0.467 e. The Morgan fingerprint density at radius 3 is 2.74 bits per heavy atom. The lowest BCUT2D eigenvalue weighted by Crippen LogP contribution is -2.30. The number of aromatic nitrogens is 1. The summed E-state index contributed by atoms with van der Waals surface area (Å²) in [4.78, 5) is 6.22. The van der Waals surface area contributed by atoms with Gasteiger partial charge in [-0.3, -0.25) is 4.98 Å². The molecule has 0 saturated carbocycles. The molecule has 4 nitrogen and oxygen atoms in total. The maximum atomic E-state index is 10.1. The molecule has 2 heterocycles. The zero-order valence-electron chi connectivity index (χ0n) is 11.2. The van der Waals surface area contributed by atoms with Crippen molar-refractivity contribution in [3.05, 3.63) is 54.2 Å². The van der Waals surface area contributed by atoms with Crippen LogP contribution in [0.25, 0.3) is 0 Å². The molecule has 0 spiro atoms. The third-order valence-electron chi connectivity index (χ3n) is 3.22. The van der Waals surface area contributed by atoms with Crippen LogP contribution in [0.2, 0.25) is 0 Å². The Morgan fingerprint density at radius 2 is 2.11 bits per heavy atom. The molecule has 4 heteroatoms. The molecule has 0 radical (unpaired) electrons. The lowest BCUT2D eigenvalue weighted by molar-refractivity contribution is 0.0973. The maximum Gasteiger partial charge on any atom is 0.133 e. The number of rotatable bonds is 7. The van der Waals surface area contributed by atoms with Crippen LogP contribution in [0.5, 0.6) is 0 Å². The summed E-state index contributed by atoms with van der Waals surface area (Å²) in [6, 6.07) is 7.65. The molecule has 19 heavy (non-hydrogen) atoms. The first-order valence-corrected chi connectivity index (χ1v) is 6.62. The second kappa shape index (κ2) is 7.07. The number of pyridine rings is 1. The van der Waals surface area contributed by atoms with Crippen LogP contribution in [-0.4, -0.2) is 34.6 Å². The molecule has 1 atom stereocenters. The van der Waals surface area contributed by atoms with E-state index in [0.29, 0.717) is 12.3 Å². The van der Waals surface area contributed by atoms with Gasteiger partial charge in [0, 0.05) is 25.5 Å². The highest BCUT2D eigenvalue weighted by molar-refractivity contribution is 5.10.